The molecule has 316 valence electrons. The number of hydrazine groups is 1. The topological polar surface area (TPSA) is 134 Å². The summed E-state index contributed by atoms with van der Waals surface area (Å²) in [4.78, 5) is 56.5. The Morgan fingerprint density at radius 2 is 1.88 bits per heavy atom. The third-order valence-corrected chi connectivity index (χ3v) is 14.1. The first-order valence-corrected chi connectivity index (χ1v) is 22.3. The van der Waals surface area contributed by atoms with Crippen LogP contribution in [0, 0.1) is 23.2 Å². The average Bonchev–Trinajstić information content (AvgIpc) is 3.50. The number of methoxy groups -OCH3 is 1. The Labute approximate surface area is 351 Å². The zero-order valence-electron chi connectivity index (χ0n) is 35.8. The number of carbonyl (C=O) groups excluding carboxylic acids is 3. The number of hydrogen-bond donors (Lipinski definition) is 2. The molecule has 2 saturated heterocycles. The molecular weight excluding hydrogens is 765 g/mol. The zero-order valence-corrected chi connectivity index (χ0v) is 36.7. The molecule has 6 bridgehead atoms. The van der Waals surface area contributed by atoms with E-state index >= 15 is 0 Å². The summed E-state index contributed by atoms with van der Waals surface area (Å²) in [6, 6.07) is 7.33. The number of fused-ring (bicyclic) bond motifs is 6. The van der Waals surface area contributed by atoms with Crippen molar-refractivity contribution in [3.63, 3.8) is 0 Å². The molecule has 6 heterocycles. The Balaban J connectivity index is 1.26. The number of benzene rings is 1. The molecule has 14 heteroatoms. The van der Waals surface area contributed by atoms with Crippen LogP contribution in [0.3, 0.4) is 0 Å². The number of aryl methyl sites for hydroxylation is 1. The molecule has 1 aromatic carbocycles. The van der Waals surface area contributed by atoms with Gasteiger partial charge >= 0.3 is 5.97 Å². The van der Waals surface area contributed by atoms with Crippen LogP contribution in [0.25, 0.3) is 33.4 Å². The molecule has 13 nitrogen and oxygen atoms in total. The predicted molar refractivity (Wildman–Crippen MR) is 231 cm³/mol. The minimum Gasteiger partial charge on any atom is -0.464 e. The van der Waals surface area contributed by atoms with Gasteiger partial charge in [0.05, 0.1) is 46.7 Å². The molecule has 0 spiro atoms. The highest BCUT2D eigenvalue weighted by Gasteiger charge is 2.49. The Kier molecular flexibility index (Phi) is 11.6. The van der Waals surface area contributed by atoms with Crippen LogP contribution in [0.1, 0.15) is 76.8 Å². The molecule has 0 radical (unpaired) electrons. The quantitative estimate of drug-likeness (QED) is 0.219. The molecule has 3 fully saturated rings. The second-order valence-corrected chi connectivity index (χ2v) is 18.9. The van der Waals surface area contributed by atoms with Gasteiger partial charge in [-0.15, -0.1) is 11.3 Å². The van der Waals surface area contributed by atoms with Crippen LogP contribution in [-0.2, 0) is 43.2 Å². The van der Waals surface area contributed by atoms with Crippen LogP contribution in [0.15, 0.2) is 35.8 Å². The van der Waals surface area contributed by atoms with Gasteiger partial charge in [0.15, 0.2) is 0 Å². The number of piperazine rings is 1. The lowest BCUT2D eigenvalue weighted by molar-refractivity contribution is -0.155. The summed E-state index contributed by atoms with van der Waals surface area (Å²) < 4.78 is 14.5. The second-order valence-electron chi connectivity index (χ2n) is 18.0. The number of thiazole rings is 1. The number of nitrogens with zero attached hydrogens (tertiary/aromatic N) is 6. The van der Waals surface area contributed by atoms with Crippen LogP contribution in [0.2, 0.25) is 0 Å². The van der Waals surface area contributed by atoms with Crippen molar-refractivity contribution in [3.8, 4) is 22.5 Å². The SMILES string of the molecule is CCn1c(-c2cc(N3CCN(C)CC3)cnc2[C@H](C)OC)c2c3cc(ccc31)-c1csc(n1)C[C@H](NC(=O)C1[C@@H](C)[C@H]1C)C(=O)N1CCC[C@H](N1)C(=O)OCC(C)(C)C2. The minimum atomic E-state index is -0.837. The van der Waals surface area contributed by atoms with Gasteiger partial charge in [-0.25, -0.2) is 10.4 Å². The number of rotatable bonds is 7. The van der Waals surface area contributed by atoms with Gasteiger partial charge in [0.25, 0.3) is 5.91 Å². The number of pyridine rings is 1. The van der Waals surface area contributed by atoms with E-state index in [1.807, 2.05) is 18.5 Å². The van der Waals surface area contributed by atoms with Gasteiger partial charge in [-0.1, -0.05) is 33.8 Å². The summed E-state index contributed by atoms with van der Waals surface area (Å²) in [5.74, 6) is -0.365. The Bertz CT molecular complexity index is 2220. The summed E-state index contributed by atoms with van der Waals surface area (Å²) in [6.45, 7) is 17.8. The van der Waals surface area contributed by atoms with Crippen LogP contribution in [0.5, 0.6) is 0 Å². The summed E-state index contributed by atoms with van der Waals surface area (Å²) in [5.41, 5.74) is 10.9. The third-order valence-electron chi connectivity index (χ3n) is 13.2. The second kappa shape index (κ2) is 16.6. The molecule has 1 aliphatic carbocycles. The maximum Gasteiger partial charge on any atom is 0.324 e. The molecular formula is C45H60N8O5S. The van der Waals surface area contributed by atoms with Gasteiger partial charge in [-0.3, -0.25) is 24.4 Å². The minimum absolute atomic E-state index is 0.112. The third kappa shape index (κ3) is 8.25. The number of esters is 1. The van der Waals surface area contributed by atoms with Crippen molar-refractivity contribution >= 4 is 45.7 Å². The number of aromatic nitrogens is 3. The van der Waals surface area contributed by atoms with E-state index in [4.69, 9.17) is 19.4 Å². The first kappa shape index (κ1) is 41.4. The summed E-state index contributed by atoms with van der Waals surface area (Å²) in [6.07, 6.45) is 3.77. The average molecular weight is 825 g/mol. The molecule has 1 saturated carbocycles. The van der Waals surface area contributed by atoms with Crippen molar-refractivity contribution in [1.82, 2.24) is 35.2 Å². The van der Waals surface area contributed by atoms with Crippen LogP contribution >= 0.6 is 11.3 Å². The van der Waals surface area contributed by atoms with Gasteiger partial charge in [-0.05, 0) is 75.8 Å². The number of nitrogens with one attached hydrogen (secondary N) is 2. The number of likely N-dealkylation sites (N-methyl/N-ethyl adjacent to an activating group) is 1. The van der Waals surface area contributed by atoms with Crippen molar-refractivity contribution in [2.45, 2.75) is 92.0 Å². The maximum atomic E-state index is 14.2. The molecule has 3 aliphatic heterocycles. The van der Waals surface area contributed by atoms with Gasteiger partial charge in [0, 0.05) is 91.5 Å². The van der Waals surface area contributed by atoms with Crippen molar-refractivity contribution in [3.05, 3.63) is 52.1 Å². The van der Waals surface area contributed by atoms with E-state index in [-0.39, 0.29) is 54.7 Å². The molecule has 6 atom stereocenters. The van der Waals surface area contributed by atoms with E-state index in [0.29, 0.717) is 25.8 Å². The Hall–Kier alpha value is -4.37. The normalized spacial score (nSPS) is 25.7. The highest BCUT2D eigenvalue weighted by Crippen LogP contribution is 2.46. The lowest BCUT2D eigenvalue weighted by Gasteiger charge is -2.35. The first-order chi connectivity index (χ1) is 28.3. The van der Waals surface area contributed by atoms with Crippen molar-refractivity contribution in [1.29, 1.82) is 0 Å². The lowest BCUT2D eigenvalue weighted by Crippen LogP contribution is -2.60. The summed E-state index contributed by atoms with van der Waals surface area (Å²) in [5, 5.41) is 8.50. The smallest absolute Gasteiger partial charge is 0.324 e. The van der Waals surface area contributed by atoms with E-state index < -0.39 is 17.5 Å². The molecule has 2 N–H and O–H groups in total. The van der Waals surface area contributed by atoms with Crippen LogP contribution in [0.4, 0.5) is 5.69 Å². The van der Waals surface area contributed by atoms with Crippen molar-refractivity contribution in [2.24, 2.45) is 23.2 Å². The van der Waals surface area contributed by atoms with Gasteiger partial charge in [0.2, 0.25) is 5.91 Å². The van der Waals surface area contributed by atoms with Crippen molar-refractivity contribution < 1.29 is 23.9 Å². The number of anilines is 1. The molecule has 2 amide bonds. The molecule has 8 rings (SSSR count). The number of carbonyl (C=O) groups is 3. The number of cyclic esters (lactones) is 1. The van der Waals surface area contributed by atoms with E-state index in [1.165, 1.54) is 16.3 Å². The zero-order chi connectivity index (χ0) is 41.7. The fraction of sp³-hybridized carbons (Fsp3) is 0.578. The largest absolute Gasteiger partial charge is 0.464 e. The molecule has 1 unspecified atom stereocenters. The first-order valence-electron chi connectivity index (χ1n) is 21.4. The van der Waals surface area contributed by atoms with Gasteiger partial charge in [0.1, 0.15) is 12.1 Å². The number of hydrogen-bond acceptors (Lipinski definition) is 11. The van der Waals surface area contributed by atoms with E-state index in [0.717, 1.165) is 88.1 Å². The van der Waals surface area contributed by atoms with Crippen LogP contribution < -0.4 is 15.6 Å². The standard InChI is InChI=1S/C45H60N8O5S/c1-9-52-37-13-12-29-19-31(37)33(41(52)32-20-30(23-46-40(32)28(4)57-8)51-17-15-50(7)16-18-51)22-45(5,6)25-58-44(56)34-11-10-14-53(49-34)43(55)35(21-38-47-36(29)24-59-38)48-42(54)39-26(2)27(39)3/h12-13,19-20,23-24,26-28,34-35,39,49H,9-11,14-18,21-22,25H2,1-8H3,(H,48,54)/t26-,27+,28-,34-,35-,39?/m0/s1. The Morgan fingerprint density at radius 3 is 2.59 bits per heavy atom. The monoisotopic (exact) mass is 824 g/mol. The maximum absolute atomic E-state index is 14.2. The molecule has 59 heavy (non-hydrogen) atoms. The van der Waals surface area contributed by atoms with Gasteiger partial charge < -0.3 is 29.2 Å². The highest BCUT2D eigenvalue weighted by molar-refractivity contribution is 7.10. The Morgan fingerprint density at radius 1 is 1.12 bits per heavy atom. The van der Waals surface area contributed by atoms with E-state index in [9.17, 15) is 14.4 Å². The molecule has 4 aliphatic rings. The summed E-state index contributed by atoms with van der Waals surface area (Å²) in [7, 11) is 3.89. The lowest BCUT2D eigenvalue weighted by atomic mass is 9.84. The van der Waals surface area contributed by atoms with E-state index in [1.54, 1.807) is 7.11 Å². The summed E-state index contributed by atoms with van der Waals surface area (Å²) >= 11 is 1.49. The fourth-order valence-electron chi connectivity index (χ4n) is 9.25. The van der Waals surface area contributed by atoms with Crippen LogP contribution in [-0.4, -0.2) is 108 Å². The van der Waals surface area contributed by atoms with Crippen molar-refractivity contribution in [2.75, 3.05) is 58.4 Å². The fourth-order valence-corrected chi connectivity index (χ4v) is 10.1. The molecule has 4 aromatic rings. The highest BCUT2D eigenvalue weighted by atomic mass is 32.1. The number of ether oxygens (including phenoxy) is 2. The van der Waals surface area contributed by atoms with E-state index in [2.05, 4.69) is 91.0 Å². The van der Waals surface area contributed by atoms with Gasteiger partial charge in [-0.2, -0.15) is 0 Å². The predicted octanol–water partition coefficient (Wildman–Crippen LogP) is 5.86. The number of amides is 2. The molecule has 3 aromatic heterocycles.